The van der Waals surface area contributed by atoms with E-state index in [4.69, 9.17) is 11.6 Å². The van der Waals surface area contributed by atoms with Gasteiger partial charge in [-0.3, -0.25) is 9.59 Å². The minimum atomic E-state index is -0.719. The number of aryl methyl sites for hydroxylation is 1. The molecule has 0 unspecified atom stereocenters. The summed E-state index contributed by atoms with van der Waals surface area (Å²) in [5, 5.41) is 6.60. The number of carbonyl (C=O) groups excluding carboxylic acids is 2. The third-order valence-corrected chi connectivity index (χ3v) is 5.34. The Kier molecular flexibility index (Phi) is 6.21. The van der Waals surface area contributed by atoms with Crippen molar-refractivity contribution in [2.75, 3.05) is 11.9 Å². The van der Waals surface area contributed by atoms with Gasteiger partial charge in [0.1, 0.15) is 5.01 Å². The molecule has 3 rings (SSSR count). The molecule has 27 heavy (non-hydrogen) atoms. The molecule has 3 aromatic rings. The number of halogens is 1. The van der Waals surface area contributed by atoms with Gasteiger partial charge in [-0.2, -0.15) is 0 Å². The fourth-order valence-electron chi connectivity index (χ4n) is 2.49. The molecule has 0 bridgehead atoms. The predicted molar refractivity (Wildman–Crippen MR) is 109 cm³/mol. The number of amides is 2. The second-order valence-corrected chi connectivity index (χ2v) is 7.38. The van der Waals surface area contributed by atoms with Crippen LogP contribution in [-0.4, -0.2) is 23.3 Å². The van der Waals surface area contributed by atoms with Crippen molar-refractivity contribution in [2.24, 2.45) is 0 Å². The summed E-state index contributed by atoms with van der Waals surface area (Å²) in [5.74, 6) is -1.40. The van der Waals surface area contributed by atoms with Crippen LogP contribution in [0.1, 0.15) is 10.6 Å². The standard InChI is InChI=1S/C20H18ClN3O2S/c1-13-17(27-20(23-13)14-6-3-2-4-7-14)10-11-22-18(25)19(26)24-16-9-5-8-15(21)12-16/h2-9,12H,10-11H2,1H3,(H,22,25)(H,24,26). The van der Waals surface area contributed by atoms with Crippen molar-refractivity contribution in [3.05, 3.63) is 70.2 Å². The maximum atomic E-state index is 12.0. The SMILES string of the molecule is Cc1nc(-c2ccccc2)sc1CCNC(=O)C(=O)Nc1cccc(Cl)c1. The Morgan fingerprint density at radius 1 is 1.07 bits per heavy atom. The van der Waals surface area contributed by atoms with E-state index in [1.807, 2.05) is 37.3 Å². The van der Waals surface area contributed by atoms with E-state index in [0.717, 1.165) is 21.1 Å². The number of anilines is 1. The number of thiazole rings is 1. The molecule has 5 nitrogen and oxygen atoms in total. The maximum absolute atomic E-state index is 12.0. The molecule has 0 saturated heterocycles. The van der Waals surface area contributed by atoms with E-state index >= 15 is 0 Å². The molecule has 2 aromatic carbocycles. The molecule has 0 aliphatic carbocycles. The van der Waals surface area contributed by atoms with Crippen LogP contribution < -0.4 is 10.6 Å². The lowest BCUT2D eigenvalue weighted by Gasteiger charge is -2.06. The van der Waals surface area contributed by atoms with Crippen LogP contribution in [0.5, 0.6) is 0 Å². The third-order valence-electron chi connectivity index (χ3n) is 3.84. The van der Waals surface area contributed by atoms with E-state index in [-0.39, 0.29) is 0 Å². The summed E-state index contributed by atoms with van der Waals surface area (Å²) >= 11 is 7.46. The number of hydrogen-bond acceptors (Lipinski definition) is 4. The van der Waals surface area contributed by atoms with Crippen LogP contribution in [0.4, 0.5) is 5.69 Å². The van der Waals surface area contributed by atoms with Crippen LogP contribution >= 0.6 is 22.9 Å². The molecule has 138 valence electrons. The molecule has 2 N–H and O–H groups in total. The average Bonchev–Trinajstić information content (AvgIpc) is 3.03. The smallest absolute Gasteiger partial charge is 0.313 e. The summed E-state index contributed by atoms with van der Waals surface area (Å²) in [6, 6.07) is 16.6. The van der Waals surface area contributed by atoms with E-state index in [1.54, 1.807) is 35.6 Å². The van der Waals surface area contributed by atoms with Crippen molar-refractivity contribution >= 4 is 40.4 Å². The summed E-state index contributed by atoms with van der Waals surface area (Å²) in [4.78, 5) is 29.6. The lowest BCUT2D eigenvalue weighted by molar-refractivity contribution is -0.136. The molecule has 0 aliphatic rings. The summed E-state index contributed by atoms with van der Waals surface area (Å²) in [6.07, 6.45) is 0.618. The maximum Gasteiger partial charge on any atom is 0.313 e. The summed E-state index contributed by atoms with van der Waals surface area (Å²) in [6.45, 7) is 2.31. The van der Waals surface area contributed by atoms with E-state index in [1.165, 1.54) is 0 Å². The molecule has 0 atom stereocenters. The first kappa shape index (κ1) is 19.1. The molecule has 0 fully saturated rings. The van der Waals surface area contributed by atoms with Crippen LogP contribution in [0.25, 0.3) is 10.6 Å². The highest BCUT2D eigenvalue weighted by Crippen LogP contribution is 2.27. The highest BCUT2D eigenvalue weighted by atomic mass is 35.5. The lowest BCUT2D eigenvalue weighted by atomic mass is 10.2. The highest BCUT2D eigenvalue weighted by molar-refractivity contribution is 7.15. The Morgan fingerprint density at radius 3 is 2.59 bits per heavy atom. The Morgan fingerprint density at radius 2 is 1.85 bits per heavy atom. The lowest BCUT2D eigenvalue weighted by Crippen LogP contribution is -2.36. The molecule has 0 radical (unpaired) electrons. The predicted octanol–water partition coefficient (Wildman–Crippen LogP) is 4.07. The Balaban J connectivity index is 1.53. The van der Waals surface area contributed by atoms with Crippen LogP contribution in [0.2, 0.25) is 5.02 Å². The zero-order valence-electron chi connectivity index (χ0n) is 14.7. The van der Waals surface area contributed by atoms with Gasteiger partial charge in [0, 0.05) is 34.1 Å². The van der Waals surface area contributed by atoms with Gasteiger partial charge in [0.25, 0.3) is 0 Å². The Bertz CT molecular complexity index is 957. The second kappa shape index (κ2) is 8.79. The zero-order chi connectivity index (χ0) is 19.2. The topological polar surface area (TPSA) is 71.1 Å². The van der Waals surface area contributed by atoms with E-state index in [9.17, 15) is 9.59 Å². The molecule has 0 aliphatic heterocycles. The van der Waals surface area contributed by atoms with E-state index in [2.05, 4.69) is 15.6 Å². The highest BCUT2D eigenvalue weighted by Gasteiger charge is 2.14. The summed E-state index contributed by atoms with van der Waals surface area (Å²) in [5.41, 5.74) is 2.49. The summed E-state index contributed by atoms with van der Waals surface area (Å²) in [7, 11) is 0. The monoisotopic (exact) mass is 399 g/mol. The van der Waals surface area contributed by atoms with Gasteiger partial charge >= 0.3 is 11.8 Å². The van der Waals surface area contributed by atoms with Crippen molar-refractivity contribution in [3.8, 4) is 10.6 Å². The zero-order valence-corrected chi connectivity index (χ0v) is 16.2. The molecule has 7 heteroatoms. The summed E-state index contributed by atoms with van der Waals surface area (Å²) < 4.78 is 0. The van der Waals surface area contributed by atoms with Crippen molar-refractivity contribution in [1.29, 1.82) is 0 Å². The van der Waals surface area contributed by atoms with Crippen LogP contribution in [0.15, 0.2) is 54.6 Å². The fraction of sp³-hybridized carbons (Fsp3) is 0.150. The average molecular weight is 400 g/mol. The first-order chi connectivity index (χ1) is 13.0. The Hall–Kier alpha value is -2.70. The number of aromatic nitrogens is 1. The quantitative estimate of drug-likeness (QED) is 0.635. The second-order valence-electron chi connectivity index (χ2n) is 5.86. The van der Waals surface area contributed by atoms with E-state index < -0.39 is 11.8 Å². The normalized spacial score (nSPS) is 10.4. The van der Waals surface area contributed by atoms with Crippen molar-refractivity contribution in [3.63, 3.8) is 0 Å². The van der Waals surface area contributed by atoms with Crippen LogP contribution in [0, 0.1) is 6.92 Å². The van der Waals surface area contributed by atoms with E-state index in [0.29, 0.717) is 23.7 Å². The number of rotatable bonds is 5. The minimum absolute atomic E-state index is 0.360. The number of nitrogens with one attached hydrogen (secondary N) is 2. The molecule has 2 amide bonds. The van der Waals surface area contributed by atoms with Gasteiger partial charge in [-0.1, -0.05) is 48.0 Å². The largest absolute Gasteiger partial charge is 0.347 e. The van der Waals surface area contributed by atoms with Gasteiger partial charge in [0.2, 0.25) is 0 Å². The van der Waals surface area contributed by atoms with Gasteiger partial charge in [-0.05, 0) is 25.1 Å². The number of benzene rings is 2. The van der Waals surface area contributed by atoms with Crippen molar-refractivity contribution in [2.45, 2.75) is 13.3 Å². The van der Waals surface area contributed by atoms with Crippen LogP contribution in [0.3, 0.4) is 0 Å². The van der Waals surface area contributed by atoms with Gasteiger partial charge in [-0.25, -0.2) is 4.98 Å². The van der Waals surface area contributed by atoms with Gasteiger partial charge < -0.3 is 10.6 Å². The molecule has 0 spiro atoms. The molecular weight excluding hydrogens is 382 g/mol. The van der Waals surface area contributed by atoms with Gasteiger partial charge in [-0.15, -0.1) is 11.3 Å². The molecule has 1 aromatic heterocycles. The fourth-order valence-corrected chi connectivity index (χ4v) is 3.75. The molecule has 0 saturated carbocycles. The Labute approximate surface area is 166 Å². The molecule has 1 heterocycles. The third kappa shape index (κ3) is 5.15. The van der Waals surface area contributed by atoms with Crippen LogP contribution in [-0.2, 0) is 16.0 Å². The van der Waals surface area contributed by atoms with Gasteiger partial charge in [0.15, 0.2) is 0 Å². The molecular formula is C20H18ClN3O2S. The number of nitrogens with zero attached hydrogens (tertiary/aromatic N) is 1. The van der Waals surface area contributed by atoms with Crippen molar-refractivity contribution < 1.29 is 9.59 Å². The number of hydrogen-bond donors (Lipinski definition) is 2. The van der Waals surface area contributed by atoms with Crippen molar-refractivity contribution in [1.82, 2.24) is 10.3 Å². The first-order valence-electron chi connectivity index (χ1n) is 8.39. The first-order valence-corrected chi connectivity index (χ1v) is 9.59. The minimum Gasteiger partial charge on any atom is -0.347 e. The van der Waals surface area contributed by atoms with Gasteiger partial charge in [0.05, 0.1) is 5.69 Å². The number of carbonyl (C=O) groups is 2.